The van der Waals surface area contributed by atoms with Gasteiger partial charge in [-0.15, -0.1) is 0 Å². The Hall–Kier alpha value is -1.26. The minimum absolute atomic E-state index is 0.236. The summed E-state index contributed by atoms with van der Waals surface area (Å²) in [6.07, 6.45) is 0. The fourth-order valence-corrected chi connectivity index (χ4v) is 1.44. The molecule has 0 saturated heterocycles. The maximum atomic E-state index is 5.97. The van der Waals surface area contributed by atoms with Crippen molar-refractivity contribution in [2.75, 3.05) is 23.7 Å². The van der Waals surface area contributed by atoms with E-state index in [1.165, 1.54) is 0 Å². The first-order valence-corrected chi connectivity index (χ1v) is 6.32. The summed E-state index contributed by atoms with van der Waals surface area (Å²) in [5.41, 5.74) is 13.6. The van der Waals surface area contributed by atoms with Crippen molar-refractivity contribution in [2.45, 2.75) is 38.8 Å². The monoisotopic (exact) mass is 250 g/mol. The molecule has 0 radical (unpaired) electrons. The molecule has 0 spiro atoms. The molecule has 0 heterocycles. The Labute approximate surface area is 110 Å². The Morgan fingerprint density at radius 1 is 0.833 bits per heavy atom. The van der Waals surface area contributed by atoms with Gasteiger partial charge in [0.2, 0.25) is 0 Å². The van der Waals surface area contributed by atoms with Crippen molar-refractivity contribution in [1.82, 2.24) is 0 Å². The second-order valence-electron chi connectivity index (χ2n) is 6.23. The highest BCUT2D eigenvalue weighted by atomic mass is 15.0. The lowest BCUT2D eigenvalue weighted by Crippen LogP contribution is -2.40. The van der Waals surface area contributed by atoms with E-state index in [-0.39, 0.29) is 11.1 Å². The van der Waals surface area contributed by atoms with Gasteiger partial charge in [0, 0.05) is 24.2 Å². The smallest absolute Gasteiger partial charge is 0.0576 e. The van der Waals surface area contributed by atoms with Gasteiger partial charge in [0.25, 0.3) is 0 Å². The van der Waals surface area contributed by atoms with Crippen molar-refractivity contribution in [3.8, 4) is 0 Å². The van der Waals surface area contributed by atoms with Crippen molar-refractivity contribution >= 4 is 11.4 Å². The highest BCUT2D eigenvalue weighted by molar-refractivity contribution is 5.68. The first-order valence-electron chi connectivity index (χ1n) is 6.32. The quantitative estimate of drug-likeness (QED) is 0.623. The molecule has 0 bridgehead atoms. The summed E-state index contributed by atoms with van der Waals surface area (Å²) in [5.74, 6) is 0. The summed E-state index contributed by atoms with van der Waals surface area (Å²) in [7, 11) is 0. The van der Waals surface area contributed by atoms with E-state index in [0.29, 0.717) is 0 Å². The third-order valence-corrected chi connectivity index (χ3v) is 2.40. The maximum Gasteiger partial charge on any atom is 0.0576 e. The molecule has 18 heavy (non-hydrogen) atoms. The summed E-state index contributed by atoms with van der Waals surface area (Å²) >= 11 is 0. The van der Waals surface area contributed by atoms with Crippen molar-refractivity contribution in [3.63, 3.8) is 0 Å². The lowest BCUT2D eigenvalue weighted by molar-refractivity contribution is 0.546. The molecule has 0 aliphatic carbocycles. The Morgan fingerprint density at radius 2 is 1.17 bits per heavy atom. The third kappa shape index (κ3) is 5.89. The van der Waals surface area contributed by atoms with Gasteiger partial charge in [-0.2, -0.15) is 0 Å². The van der Waals surface area contributed by atoms with Gasteiger partial charge in [-0.3, -0.25) is 0 Å². The average Bonchev–Trinajstić information content (AvgIpc) is 2.22. The number of hydrogen-bond acceptors (Lipinski definition) is 4. The van der Waals surface area contributed by atoms with Crippen LogP contribution in [0, 0.1) is 0 Å². The molecular formula is C14H26N4. The molecule has 1 rings (SSSR count). The molecule has 0 aliphatic rings. The van der Waals surface area contributed by atoms with E-state index < -0.39 is 0 Å². The van der Waals surface area contributed by atoms with Gasteiger partial charge in [-0.25, -0.2) is 0 Å². The SMILES string of the molecule is CC(C)(N)CNc1ccccc1NCC(C)(C)N. The Bertz CT molecular complexity index is 337. The number of anilines is 2. The van der Waals surface area contributed by atoms with Gasteiger partial charge in [-0.05, 0) is 39.8 Å². The Balaban J connectivity index is 2.68. The number of para-hydroxylation sites is 2. The van der Waals surface area contributed by atoms with Crippen molar-refractivity contribution in [2.24, 2.45) is 11.5 Å². The fourth-order valence-electron chi connectivity index (χ4n) is 1.44. The number of nitrogens with one attached hydrogen (secondary N) is 2. The first-order chi connectivity index (χ1) is 8.17. The molecule has 102 valence electrons. The Kier molecular flexibility index (Phi) is 4.59. The normalized spacial score (nSPS) is 12.3. The van der Waals surface area contributed by atoms with Crippen molar-refractivity contribution < 1.29 is 0 Å². The van der Waals surface area contributed by atoms with Crippen molar-refractivity contribution in [1.29, 1.82) is 0 Å². The second kappa shape index (κ2) is 5.59. The van der Waals surface area contributed by atoms with Crippen LogP contribution in [0.4, 0.5) is 11.4 Å². The van der Waals surface area contributed by atoms with E-state index >= 15 is 0 Å². The predicted octanol–water partition coefficient (Wildman–Crippen LogP) is 1.98. The lowest BCUT2D eigenvalue weighted by Gasteiger charge is -2.24. The van der Waals surface area contributed by atoms with Gasteiger partial charge in [0.1, 0.15) is 0 Å². The standard InChI is InChI=1S/C14H26N4/c1-13(2,15)9-17-11-7-5-6-8-12(11)18-10-14(3,4)16/h5-8,17-18H,9-10,15-16H2,1-4H3. The minimum atomic E-state index is -0.236. The van der Waals surface area contributed by atoms with Crippen molar-refractivity contribution in [3.05, 3.63) is 24.3 Å². The molecule has 0 unspecified atom stereocenters. The van der Waals surface area contributed by atoms with E-state index in [9.17, 15) is 0 Å². The number of nitrogens with two attached hydrogens (primary N) is 2. The van der Waals surface area contributed by atoms with E-state index in [2.05, 4.69) is 10.6 Å². The van der Waals surface area contributed by atoms with Crippen LogP contribution in [0.5, 0.6) is 0 Å². The predicted molar refractivity (Wildman–Crippen MR) is 80.0 cm³/mol. The molecule has 1 aromatic carbocycles. The molecule has 0 atom stereocenters. The van der Waals surface area contributed by atoms with Gasteiger partial charge >= 0.3 is 0 Å². The average molecular weight is 250 g/mol. The second-order valence-corrected chi connectivity index (χ2v) is 6.23. The fraction of sp³-hybridized carbons (Fsp3) is 0.571. The summed E-state index contributed by atoms with van der Waals surface area (Å²) < 4.78 is 0. The summed E-state index contributed by atoms with van der Waals surface area (Å²) in [6.45, 7) is 9.44. The molecule has 4 nitrogen and oxygen atoms in total. The third-order valence-electron chi connectivity index (χ3n) is 2.40. The highest BCUT2D eigenvalue weighted by Gasteiger charge is 2.13. The first kappa shape index (κ1) is 14.8. The van der Waals surface area contributed by atoms with Crippen LogP contribution in [0.3, 0.4) is 0 Å². The molecule has 0 amide bonds. The Morgan fingerprint density at radius 3 is 1.44 bits per heavy atom. The number of benzene rings is 1. The van der Waals surface area contributed by atoms with Crippen LogP contribution < -0.4 is 22.1 Å². The van der Waals surface area contributed by atoms with Crippen LogP contribution in [0.1, 0.15) is 27.7 Å². The van der Waals surface area contributed by atoms with Gasteiger partial charge in [0.05, 0.1) is 11.4 Å². The molecule has 1 aromatic rings. The van der Waals surface area contributed by atoms with Crippen LogP contribution in [0.2, 0.25) is 0 Å². The van der Waals surface area contributed by atoms with E-state index in [1.54, 1.807) is 0 Å². The van der Waals surface area contributed by atoms with Crippen LogP contribution in [-0.2, 0) is 0 Å². The van der Waals surface area contributed by atoms with E-state index in [4.69, 9.17) is 11.5 Å². The topological polar surface area (TPSA) is 76.1 Å². The van der Waals surface area contributed by atoms with Crippen LogP contribution in [0.25, 0.3) is 0 Å². The lowest BCUT2D eigenvalue weighted by atomic mass is 10.1. The highest BCUT2D eigenvalue weighted by Crippen LogP contribution is 2.21. The molecule has 6 N–H and O–H groups in total. The molecular weight excluding hydrogens is 224 g/mol. The molecule has 0 aromatic heterocycles. The van der Waals surface area contributed by atoms with Crippen LogP contribution in [0.15, 0.2) is 24.3 Å². The maximum absolute atomic E-state index is 5.97. The van der Waals surface area contributed by atoms with Crippen LogP contribution in [-0.4, -0.2) is 24.2 Å². The minimum Gasteiger partial charge on any atom is -0.382 e. The van der Waals surface area contributed by atoms with Gasteiger partial charge < -0.3 is 22.1 Å². The summed E-state index contributed by atoms with van der Waals surface area (Å²) in [6, 6.07) is 8.09. The number of rotatable bonds is 6. The van der Waals surface area contributed by atoms with E-state index in [1.807, 2.05) is 52.0 Å². The zero-order chi connectivity index (χ0) is 13.8. The van der Waals surface area contributed by atoms with Gasteiger partial charge in [-0.1, -0.05) is 12.1 Å². The molecule has 0 fully saturated rings. The van der Waals surface area contributed by atoms with Crippen LogP contribution >= 0.6 is 0 Å². The summed E-state index contributed by atoms with van der Waals surface area (Å²) in [4.78, 5) is 0. The molecule has 0 aliphatic heterocycles. The zero-order valence-corrected chi connectivity index (χ0v) is 11.9. The zero-order valence-electron chi connectivity index (χ0n) is 11.9. The molecule has 4 heteroatoms. The summed E-state index contributed by atoms with van der Waals surface area (Å²) in [5, 5.41) is 6.72. The van der Waals surface area contributed by atoms with E-state index in [0.717, 1.165) is 24.5 Å². The largest absolute Gasteiger partial charge is 0.382 e. The number of hydrogen-bond donors (Lipinski definition) is 4. The molecule has 0 saturated carbocycles. The van der Waals surface area contributed by atoms with Gasteiger partial charge in [0.15, 0.2) is 0 Å².